The molecule has 1 aromatic rings. The molecule has 90 valence electrons. The van der Waals surface area contributed by atoms with Gasteiger partial charge in [-0.2, -0.15) is 4.37 Å². The van der Waals surface area contributed by atoms with Gasteiger partial charge in [0.05, 0.1) is 0 Å². The third-order valence-electron chi connectivity index (χ3n) is 3.12. The van der Waals surface area contributed by atoms with Crippen molar-refractivity contribution in [2.75, 3.05) is 5.32 Å². The summed E-state index contributed by atoms with van der Waals surface area (Å²) < 4.78 is 4.42. The van der Waals surface area contributed by atoms with Crippen molar-refractivity contribution >= 4 is 16.7 Å². The quantitative estimate of drug-likeness (QED) is 0.878. The Kier molecular flexibility index (Phi) is 2.73. The van der Waals surface area contributed by atoms with Crippen LogP contribution < -0.4 is 5.32 Å². The molecule has 0 aromatic carbocycles. The van der Waals surface area contributed by atoms with Crippen LogP contribution in [0.2, 0.25) is 0 Å². The second kappa shape index (κ2) is 3.69. The average Bonchev–Trinajstić information content (AvgIpc) is 2.87. The number of hydrogen-bond acceptors (Lipinski definition) is 4. The van der Waals surface area contributed by atoms with E-state index in [1.54, 1.807) is 0 Å². The maximum absolute atomic E-state index is 4.57. The molecule has 1 aliphatic carbocycles. The van der Waals surface area contributed by atoms with E-state index in [-0.39, 0.29) is 11.0 Å². The Morgan fingerprint density at radius 3 is 2.25 bits per heavy atom. The highest BCUT2D eigenvalue weighted by atomic mass is 32.1. The third-order valence-corrected chi connectivity index (χ3v) is 3.75. The molecule has 4 heteroatoms. The van der Waals surface area contributed by atoms with Crippen LogP contribution in [0, 0.1) is 5.92 Å². The number of nitrogens with one attached hydrogen (secondary N) is 1. The average molecular weight is 239 g/mol. The topological polar surface area (TPSA) is 37.8 Å². The number of aromatic nitrogens is 2. The predicted octanol–water partition coefficient (Wildman–Crippen LogP) is 3.44. The van der Waals surface area contributed by atoms with E-state index >= 15 is 0 Å². The lowest BCUT2D eigenvalue weighted by Crippen LogP contribution is -2.33. The Labute approximate surface area is 102 Å². The molecule has 0 aliphatic heterocycles. The minimum absolute atomic E-state index is 0.0418. The van der Waals surface area contributed by atoms with Gasteiger partial charge < -0.3 is 5.32 Å². The molecular formula is C12H21N3S. The Morgan fingerprint density at radius 2 is 1.81 bits per heavy atom. The van der Waals surface area contributed by atoms with Crippen LogP contribution in [0.25, 0.3) is 0 Å². The van der Waals surface area contributed by atoms with Crippen LogP contribution in [0.4, 0.5) is 5.13 Å². The van der Waals surface area contributed by atoms with Gasteiger partial charge in [-0.15, -0.1) is 0 Å². The summed E-state index contributed by atoms with van der Waals surface area (Å²) in [6, 6.07) is 0. The molecule has 1 saturated carbocycles. The zero-order valence-corrected chi connectivity index (χ0v) is 11.6. The first-order valence-electron chi connectivity index (χ1n) is 5.91. The minimum Gasteiger partial charge on any atom is -0.355 e. The van der Waals surface area contributed by atoms with Gasteiger partial charge >= 0.3 is 0 Å². The van der Waals surface area contributed by atoms with Gasteiger partial charge in [-0.25, -0.2) is 4.98 Å². The van der Waals surface area contributed by atoms with Crippen molar-refractivity contribution < 1.29 is 0 Å². The third kappa shape index (κ3) is 2.54. The first kappa shape index (κ1) is 11.8. The van der Waals surface area contributed by atoms with Gasteiger partial charge in [-0.05, 0) is 32.6 Å². The molecule has 3 nitrogen and oxygen atoms in total. The maximum atomic E-state index is 4.57. The van der Waals surface area contributed by atoms with Gasteiger partial charge in [0.1, 0.15) is 5.82 Å². The van der Waals surface area contributed by atoms with Crippen molar-refractivity contribution in [1.29, 1.82) is 0 Å². The molecule has 1 fully saturated rings. The van der Waals surface area contributed by atoms with Crippen molar-refractivity contribution in [2.45, 2.75) is 58.4 Å². The maximum Gasteiger partial charge on any atom is 0.203 e. The number of rotatable bonds is 3. The van der Waals surface area contributed by atoms with Gasteiger partial charge in [-0.3, -0.25) is 0 Å². The summed E-state index contributed by atoms with van der Waals surface area (Å²) in [5.74, 6) is 1.74. The van der Waals surface area contributed by atoms with Crippen molar-refractivity contribution in [1.82, 2.24) is 9.36 Å². The molecule has 0 spiro atoms. The second-order valence-electron chi connectivity index (χ2n) is 6.29. The first-order chi connectivity index (χ1) is 7.29. The fraction of sp³-hybridized carbons (Fsp3) is 0.833. The van der Waals surface area contributed by atoms with Gasteiger partial charge in [0.2, 0.25) is 5.13 Å². The molecule has 1 N–H and O–H groups in total. The molecule has 0 atom stereocenters. The van der Waals surface area contributed by atoms with Gasteiger partial charge in [0, 0.05) is 22.5 Å². The van der Waals surface area contributed by atoms with Crippen LogP contribution >= 0.6 is 11.5 Å². The molecule has 16 heavy (non-hydrogen) atoms. The summed E-state index contributed by atoms with van der Waals surface area (Å²) in [6.07, 6.45) is 2.68. The lowest BCUT2D eigenvalue weighted by Gasteiger charge is -2.25. The molecule has 0 radical (unpaired) electrons. The molecular weight excluding hydrogens is 218 g/mol. The Balaban J connectivity index is 2.08. The smallest absolute Gasteiger partial charge is 0.203 e. The zero-order valence-electron chi connectivity index (χ0n) is 10.8. The van der Waals surface area contributed by atoms with Crippen molar-refractivity contribution in [3.63, 3.8) is 0 Å². The van der Waals surface area contributed by atoms with Crippen LogP contribution in [0.1, 0.15) is 53.3 Å². The van der Waals surface area contributed by atoms with E-state index in [1.807, 2.05) is 0 Å². The van der Waals surface area contributed by atoms with E-state index in [4.69, 9.17) is 0 Å². The lowest BCUT2D eigenvalue weighted by molar-refractivity contribution is 0.492. The highest BCUT2D eigenvalue weighted by Gasteiger charge is 2.38. The summed E-state index contributed by atoms with van der Waals surface area (Å²) in [4.78, 5) is 4.57. The van der Waals surface area contributed by atoms with Gasteiger partial charge in [-0.1, -0.05) is 20.8 Å². The first-order valence-corrected chi connectivity index (χ1v) is 6.69. The second-order valence-corrected chi connectivity index (χ2v) is 7.05. The van der Waals surface area contributed by atoms with E-state index in [9.17, 15) is 0 Å². The molecule has 1 heterocycles. The summed E-state index contributed by atoms with van der Waals surface area (Å²) in [5, 5.41) is 4.48. The summed E-state index contributed by atoms with van der Waals surface area (Å²) in [7, 11) is 0. The molecule has 2 rings (SSSR count). The van der Waals surface area contributed by atoms with E-state index in [2.05, 4.69) is 49.3 Å². The number of anilines is 1. The standard InChI is InChI=1S/C12H21N3S/c1-11(2,3)9-13-10(16-15-9)14-12(4,5)8-6-7-8/h8H,6-7H2,1-5H3,(H,13,14,15). The van der Waals surface area contributed by atoms with E-state index in [0.717, 1.165) is 16.9 Å². The SMILES string of the molecule is CC(C)(C)c1nsc(NC(C)(C)C2CC2)n1. The van der Waals surface area contributed by atoms with Crippen LogP contribution in [-0.2, 0) is 5.41 Å². The van der Waals surface area contributed by atoms with Crippen LogP contribution in [0.5, 0.6) is 0 Å². The van der Waals surface area contributed by atoms with Gasteiger partial charge in [0.15, 0.2) is 0 Å². The van der Waals surface area contributed by atoms with Crippen molar-refractivity contribution in [2.24, 2.45) is 5.92 Å². The molecule has 1 aromatic heterocycles. The Hall–Kier alpha value is -0.640. The highest BCUT2D eigenvalue weighted by molar-refractivity contribution is 7.09. The van der Waals surface area contributed by atoms with Crippen LogP contribution in [0.3, 0.4) is 0 Å². The van der Waals surface area contributed by atoms with E-state index in [0.29, 0.717) is 0 Å². The minimum atomic E-state index is 0.0418. The monoisotopic (exact) mass is 239 g/mol. The van der Waals surface area contributed by atoms with Crippen molar-refractivity contribution in [3.05, 3.63) is 5.82 Å². The molecule has 0 unspecified atom stereocenters. The molecule has 1 aliphatic rings. The molecule has 0 amide bonds. The Morgan fingerprint density at radius 1 is 1.19 bits per heavy atom. The summed E-state index contributed by atoms with van der Waals surface area (Å²) in [6.45, 7) is 10.9. The normalized spacial score (nSPS) is 17.6. The number of hydrogen-bond donors (Lipinski definition) is 1. The fourth-order valence-corrected chi connectivity index (χ4v) is 2.69. The lowest BCUT2D eigenvalue weighted by atomic mass is 9.96. The van der Waals surface area contributed by atoms with Crippen LogP contribution in [-0.4, -0.2) is 14.9 Å². The Bertz CT molecular complexity index is 372. The zero-order chi connectivity index (χ0) is 12.0. The predicted molar refractivity (Wildman–Crippen MR) is 69.0 cm³/mol. The fourth-order valence-electron chi connectivity index (χ4n) is 1.76. The summed E-state index contributed by atoms with van der Waals surface area (Å²) in [5.41, 5.74) is 0.203. The van der Waals surface area contributed by atoms with E-state index in [1.165, 1.54) is 24.4 Å². The summed E-state index contributed by atoms with van der Waals surface area (Å²) >= 11 is 1.48. The highest BCUT2D eigenvalue weighted by Crippen LogP contribution is 2.41. The number of nitrogens with zero attached hydrogens (tertiary/aromatic N) is 2. The largest absolute Gasteiger partial charge is 0.355 e. The van der Waals surface area contributed by atoms with Gasteiger partial charge in [0.25, 0.3) is 0 Å². The molecule has 0 saturated heterocycles. The molecule has 0 bridgehead atoms. The van der Waals surface area contributed by atoms with Crippen LogP contribution in [0.15, 0.2) is 0 Å². The van der Waals surface area contributed by atoms with E-state index < -0.39 is 0 Å². The van der Waals surface area contributed by atoms with Crippen molar-refractivity contribution in [3.8, 4) is 0 Å².